The van der Waals surface area contributed by atoms with Gasteiger partial charge in [0.25, 0.3) is 5.91 Å². The third-order valence-electron chi connectivity index (χ3n) is 5.86. The van der Waals surface area contributed by atoms with E-state index in [4.69, 9.17) is 9.57 Å². The van der Waals surface area contributed by atoms with Gasteiger partial charge >= 0.3 is 12.1 Å². The maximum absolute atomic E-state index is 13.3. The highest BCUT2D eigenvalue weighted by molar-refractivity contribution is 8.01. The van der Waals surface area contributed by atoms with Gasteiger partial charge in [0.05, 0.1) is 6.54 Å². The molecule has 232 valence electrons. The molecule has 0 bridgehead atoms. The summed E-state index contributed by atoms with van der Waals surface area (Å²) < 4.78 is 5.78. The fraction of sp³-hybridized carbons (Fsp3) is 0.522. The average molecular weight is 673 g/mol. The van der Waals surface area contributed by atoms with Gasteiger partial charge in [-0.3, -0.25) is 19.2 Å². The largest absolute Gasteiger partial charge is 0.481 e. The molecule has 0 saturated carbocycles. The summed E-state index contributed by atoms with van der Waals surface area (Å²) in [4.78, 5) is 72.1. The number of alkyl carbamates (subject to hydrolysis) is 1. The van der Waals surface area contributed by atoms with Crippen LogP contribution in [0.4, 0.5) is 9.93 Å². The van der Waals surface area contributed by atoms with Crippen molar-refractivity contribution in [1.29, 1.82) is 0 Å². The number of aromatic nitrogens is 3. The van der Waals surface area contributed by atoms with E-state index in [2.05, 4.69) is 36.3 Å². The molecule has 4 N–H and O–H groups in total. The molecule has 2 aliphatic rings. The number of oxime groups is 1. The van der Waals surface area contributed by atoms with Crippen LogP contribution in [0.25, 0.3) is 0 Å². The minimum Gasteiger partial charge on any atom is -0.481 e. The number of β-lactam (4-membered cyclic amide) rings is 1. The first kappa shape index (κ1) is 32.4. The van der Waals surface area contributed by atoms with Gasteiger partial charge in [-0.05, 0) is 20.8 Å². The second-order valence-corrected chi connectivity index (χ2v) is 14.2. The number of nitrogens with zero attached hydrogens (tertiary/aromatic N) is 5. The molecular weight excluding hydrogens is 645 g/mol. The molecule has 4 heterocycles. The highest BCUT2D eigenvalue weighted by Crippen LogP contribution is 2.44. The van der Waals surface area contributed by atoms with Crippen molar-refractivity contribution in [2.24, 2.45) is 10.6 Å². The van der Waals surface area contributed by atoms with Crippen LogP contribution in [0.15, 0.2) is 20.4 Å². The number of anilines is 1. The molecule has 2 aromatic heterocycles. The molecule has 2 aromatic rings. The summed E-state index contributed by atoms with van der Waals surface area (Å²) in [5.74, 6) is -1.79. The van der Waals surface area contributed by atoms with Gasteiger partial charge in [0.2, 0.25) is 12.3 Å². The third-order valence-corrected chi connectivity index (χ3v) is 10.4. The molecule has 4 amide bonds. The summed E-state index contributed by atoms with van der Waals surface area (Å²) in [7, 11) is 0. The van der Waals surface area contributed by atoms with Crippen molar-refractivity contribution in [2.75, 3.05) is 36.5 Å². The normalized spacial score (nSPS) is 21.7. The molecule has 2 aliphatic heterocycles. The van der Waals surface area contributed by atoms with Crippen molar-refractivity contribution in [2.45, 2.75) is 42.1 Å². The van der Waals surface area contributed by atoms with Crippen molar-refractivity contribution in [3.8, 4) is 0 Å². The molecule has 0 aromatic carbocycles. The maximum atomic E-state index is 13.3. The van der Waals surface area contributed by atoms with Gasteiger partial charge < -0.3 is 35.5 Å². The summed E-state index contributed by atoms with van der Waals surface area (Å²) in [6.45, 7) is 5.07. The lowest BCUT2D eigenvalue weighted by Gasteiger charge is -2.53. The zero-order valence-corrected chi connectivity index (χ0v) is 26.4. The number of carboxylic acids is 1. The molecule has 4 rings (SSSR count). The van der Waals surface area contributed by atoms with Crippen LogP contribution < -0.4 is 16.0 Å². The van der Waals surface area contributed by atoms with Crippen LogP contribution in [0.2, 0.25) is 0 Å². The molecule has 20 heteroatoms. The molecule has 43 heavy (non-hydrogen) atoms. The van der Waals surface area contributed by atoms with Crippen LogP contribution >= 0.6 is 46.2 Å². The minimum absolute atomic E-state index is 0.0154. The summed E-state index contributed by atoms with van der Waals surface area (Å²) >= 11 is 4.89. The lowest BCUT2D eigenvalue weighted by Crippen LogP contribution is -2.74. The Kier molecular flexibility index (Phi) is 10.5. The fourth-order valence-electron chi connectivity index (χ4n) is 3.87. The monoisotopic (exact) mass is 672 g/mol. The molecule has 0 radical (unpaired) electrons. The van der Waals surface area contributed by atoms with Crippen molar-refractivity contribution in [3.63, 3.8) is 0 Å². The van der Waals surface area contributed by atoms with E-state index >= 15 is 0 Å². The van der Waals surface area contributed by atoms with Gasteiger partial charge in [-0.1, -0.05) is 28.3 Å². The first-order valence-electron chi connectivity index (χ1n) is 12.6. The number of carbonyl (C=O) groups excluding carboxylic acids is 4. The van der Waals surface area contributed by atoms with E-state index in [9.17, 15) is 29.1 Å². The molecule has 2 saturated heterocycles. The molecule has 2 fully saturated rings. The van der Waals surface area contributed by atoms with Gasteiger partial charge in [-0.25, -0.2) is 9.78 Å². The smallest absolute Gasteiger partial charge is 0.407 e. The summed E-state index contributed by atoms with van der Waals surface area (Å²) in [6, 6.07) is -0.926. The molecule has 3 atom stereocenters. The topological polar surface area (TPSA) is 214 Å². The van der Waals surface area contributed by atoms with E-state index in [0.29, 0.717) is 10.7 Å². The van der Waals surface area contributed by atoms with Crippen LogP contribution in [-0.4, -0.2) is 109 Å². The third kappa shape index (κ3) is 8.12. The van der Waals surface area contributed by atoms with Gasteiger partial charge in [-0.2, -0.15) is 0 Å². The zero-order chi connectivity index (χ0) is 31.2. The van der Waals surface area contributed by atoms with Crippen molar-refractivity contribution < 1.29 is 38.7 Å². The number of carboxylic acid groups (broad SMARTS) is 1. The summed E-state index contributed by atoms with van der Waals surface area (Å²) in [5, 5.41) is 30.4. The van der Waals surface area contributed by atoms with E-state index < -0.39 is 46.3 Å². The fourth-order valence-corrected chi connectivity index (χ4v) is 7.87. The zero-order valence-electron chi connectivity index (χ0n) is 23.1. The highest BCUT2D eigenvalue weighted by atomic mass is 32.2. The van der Waals surface area contributed by atoms with Crippen molar-refractivity contribution in [1.82, 2.24) is 30.7 Å². The molecule has 0 aliphatic carbocycles. The van der Waals surface area contributed by atoms with Crippen LogP contribution in [0.5, 0.6) is 0 Å². The predicted octanol–water partition coefficient (Wildman–Crippen LogP) is 1.07. The van der Waals surface area contributed by atoms with Crippen LogP contribution in [0.3, 0.4) is 0 Å². The number of hydrogen-bond donors (Lipinski definition) is 4. The van der Waals surface area contributed by atoms with Crippen LogP contribution in [0, 0.1) is 5.41 Å². The van der Waals surface area contributed by atoms with Crippen molar-refractivity contribution in [3.05, 3.63) is 16.6 Å². The Hall–Kier alpha value is -3.49. The molecule has 16 nitrogen and oxygen atoms in total. The number of amides is 4. The van der Waals surface area contributed by atoms with Gasteiger partial charge in [0.1, 0.15) is 40.2 Å². The second kappa shape index (κ2) is 13.9. The molecular formula is C23H28N8O8S4. The van der Waals surface area contributed by atoms with Gasteiger partial charge in [-0.15, -0.1) is 33.3 Å². The Morgan fingerprint density at radius 2 is 2.12 bits per heavy atom. The Bertz CT molecular complexity index is 1380. The number of rotatable bonds is 13. The number of carbonyl (C=O) groups is 5. The van der Waals surface area contributed by atoms with E-state index in [1.54, 1.807) is 26.3 Å². The van der Waals surface area contributed by atoms with E-state index in [0.717, 1.165) is 11.3 Å². The summed E-state index contributed by atoms with van der Waals surface area (Å²) in [6.07, 6.45) is -0.213. The van der Waals surface area contributed by atoms with E-state index in [1.807, 2.05) is 0 Å². The quantitative estimate of drug-likeness (QED) is 0.0586. The number of thioether (sulfide) groups is 2. The lowest BCUT2D eigenvalue weighted by atomic mass is 9.89. The number of thiazole rings is 1. The van der Waals surface area contributed by atoms with Crippen LogP contribution in [-0.2, 0) is 28.8 Å². The number of ether oxygens (including phenoxy) is 1. The standard InChI is InChI=1S/C23H28N8O8S4/c1-22(2,3)39-20(37)24-4-5-38-30-13(12-6-40-19(27-12)25-10-32)15(33)28-14-16(34)31-7-23(18(35)36,8-41-17(14)31)9-42-21-29-26-11-43-21/h6,10-11,14,17H,4-5,7-9H2,1-3H3,(H,24,37)(H,28,33)(H,35,36)(H,25,27,32)/t14?,17-,23?/m1/s1. The minimum atomic E-state index is -1.20. The summed E-state index contributed by atoms with van der Waals surface area (Å²) in [5.41, 5.74) is -0.482. The second-order valence-electron chi connectivity index (χ2n) is 10.2. The maximum Gasteiger partial charge on any atom is 0.407 e. The first-order valence-corrected chi connectivity index (χ1v) is 16.4. The number of fused-ring (bicyclic) bond motifs is 1. The number of hydrogen-bond acceptors (Lipinski definition) is 15. The van der Waals surface area contributed by atoms with Gasteiger partial charge in [0.15, 0.2) is 15.2 Å². The SMILES string of the molecule is CC(C)(C)OC(=O)NCCON=C(C(=O)NC1C(=O)N2CC(CSc3nncs3)(C(=O)O)CS[C@H]12)c1csc(NC=O)n1. The Balaban J connectivity index is 1.39. The lowest BCUT2D eigenvalue weighted by molar-refractivity contribution is -0.157. The number of aliphatic carboxylic acids is 1. The Morgan fingerprint density at radius 1 is 1.33 bits per heavy atom. The Morgan fingerprint density at radius 3 is 2.79 bits per heavy atom. The van der Waals surface area contributed by atoms with Gasteiger partial charge in [0, 0.05) is 23.4 Å². The highest BCUT2D eigenvalue weighted by Gasteiger charge is 2.57. The van der Waals surface area contributed by atoms with E-state index in [1.165, 1.54) is 45.1 Å². The average Bonchev–Trinajstić information content (AvgIpc) is 3.64. The van der Waals surface area contributed by atoms with Crippen molar-refractivity contribution >= 4 is 87.3 Å². The predicted molar refractivity (Wildman–Crippen MR) is 159 cm³/mol. The van der Waals surface area contributed by atoms with Crippen LogP contribution in [0.1, 0.15) is 26.5 Å². The van der Waals surface area contributed by atoms with E-state index in [-0.39, 0.29) is 47.7 Å². The Labute approximate surface area is 261 Å². The molecule has 2 unspecified atom stereocenters. The first-order chi connectivity index (χ1) is 20.4. The number of nitrogens with one attached hydrogen (secondary N) is 3. The molecule has 0 spiro atoms.